The van der Waals surface area contributed by atoms with Crippen LogP contribution >= 0.6 is 0 Å². The Morgan fingerprint density at radius 1 is 0.933 bits per heavy atom. The van der Waals surface area contributed by atoms with E-state index in [1.807, 2.05) is 65.6 Å². The Kier molecular flexibility index (Phi) is 6.48. The molecule has 1 atom stereocenters. The smallest absolute Gasteiger partial charge is 0.245 e. The van der Waals surface area contributed by atoms with E-state index in [1.165, 1.54) is 0 Å². The van der Waals surface area contributed by atoms with Gasteiger partial charge in [-0.1, -0.05) is 60.7 Å². The highest BCUT2D eigenvalue weighted by atomic mass is 16.5. The molecule has 30 heavy (non-hydrogen) atoms. The molecule has 0 bridgehead atoms. The highest BCUT2D eigenvalue weighted by Gasteiger charge is 2.43. The Labute approximate surface area is 178 Å². The van der Waals surface area contributed by atoms with Crippen LogP contribution in [-0.4, -0.2) is 49.1 Å². The number of carbonyl (C=O) groups excluding carboxylic acids is 2. The third-order valence-electron chi connectivity index (χ3n) is 6.41. The Balaban J connectivity index is 1.59. The number of hydrogen-bond acceptors (Lipinski definition) is 3. The van der Waals surface area contributed by atoms with Gasteiger partial charge < -0.3 is 15.0 Å². The largest absolute Gasteiger partial charge is 0.381 e. The molecule has 1 unspecified atom stereocenters. The van der Waals surface area contributed by atoms with E-state index in [1.54, 1.807) is 0 Å². The van der Waals surface area contributed by atoms with Gasteiger partial charge in [0.1, 0.15) is 6.04 Å². The standard InChI is InChI=1S/C25H30N2O3/c28-23(27-15-7-8-16-27)22(19-20-9-3-1-4-10-20)26-24(29)25(13-17-30-18-14-25)21-11-5-2-6-12-21/h1-6,9-12,22H,7-8,13-19H2,(H,26,29). The van der Waals surface area contributed by atoms with Crippen molar-refractivity contribution in [1.82, 2.24) is 10.2 Å². The van der Waals surface area contributed by atoms with Crippen molar-refractivity contribution in [2.75, 3.05) is 26.3 Å². The number of benzene rings is 2. The first kappa shape index (κ1) is 20.6. The van der Waals surface area contributed by atoms with Crippen LogP contribution in [0.25, 0.3) is 0 Å². The third-order valence-corrected chi connectivity index (χ3v) is 6.41. The monoisotopic (exact) mass is 406 g/mol. The van der Waals surface area contributed by atoms with E-state index in [9.17, 15) is 9.59 Å². The van der Waals surface area contributed by atoms with Crippen LogP contribution in [0.1, 0.15) is 36.8 Å². The van der Waals surface area contributed by atoms with Crippen molar-refractivity contribution in [1.29, 1.82) is 0 Å². The summed E-state index contributed by atoms with van der Waals surface area (Å²) in [6, 6.07) is 19.3. The second-order valence-electron chi connectivity index (χ2n) is 8.31. The molecule has 4 rings (SSSR count). The first-order valence-corrected chi connectivity index (χ1v) is 11.0. The Morgan fingerprint density at radius 3 is 2.17 bits per heavy atom. The SMILES string of the molecule is O=C(C(Cc1ccccc1)NC(=O)C1(c2ccccc2)CCOCC1)N1CCCC1. The number of nitrogens with one attached hydrogen (secondary N) is 1. The number of nitrogens with zero attached hydrogens (tertiary/aromatic N) is 1. The minimum atomic E-state index is -0.653. The molecule has 1 N–H and O–H groups in total. The van der Waals surface area contributed by atoms with Crippen LogP contribution in [0.5, 0.6) is 0 Å². The summed E-state index contributed by atoms with van der Waals surface area (Å²) in [4.78, 5) is 28.9. The van der Waals surface area contributed by atoms with E-state index in [2.05, 4.69) is 5.32 Å². The Morgan fingerprint density at radius 2 is 1.53 bits per heavy atom. The van der Waals surface area contributed by atoms with Crippen molar-refractivity contribution in [3.8, 4) is 0 Å². The van der Waals surface area contributed by atoms with Gasteiger partial charge in [0.15, 0.2) is 0 Å². The van der Waals surface area contributed by atoms with E-state index in [-0.39, 0.29) is 11.8 Å². The van der Waals surface area contributed by atoms with Crippen molar-refractivity contribution in [3.05, 3.63) is 71.8 Å². The summed E-state index contributed by atoms with van der Waals surface area (Å²) < 4.78 is 5.57. The summed E-state index contributed by atoms with van der Waals surface area (Å²) in [6.07, 6.45) is 3.81. The van der Waals surface area contributed by atoms with Gasteiger partial charge in [-0.25, -0.2) is 0 Å². The zero-order valence-corrected chi connectivity index (χ0v) is 17.4. The molecular formula is C25H30N2O3. The maximum atomic E-state index is 13.7. The highest BCUT2D eigenvalue weighted by Crippen LogP contribution is 2.35. The predicted molar refractivity (Wildman–Crippen MR) is 116 cm³/mol. The predicted octanol–water partition coefficient (Wildman–Crippen LogP) is 3.08. The number of hydrogen-bond donors (Lipinski definition) is 1. The van der Waals surface area contributed by atoms with Crippen LogP contribution < -0.4 is 5.32 Å². The summed E-state index contributed by atoms with van der Waals surface area (Å²) in [5, 5.41) is 3.17. The molecule has 2 aromatic rings. The molecule has 158 valence electrons. The van der Waals surface area contributed by atoms with Crippen molar-refractivity contribution in [2.24, 2.45) is 0 Å². The first-order valence-electron chi connectivity index (χ1n) is 11.0. The van der Waals surface area contributed by atoms with Crippen LogP contribution in [0.3, 0.4) is 0 Å². The molecule has 0 aromatic heterocycles. The lowest BCUT2D eigenvalue weighted by Crippen LogP contribution is -2.55. The van der Waals surface area contributed by atoms with E-state index >= 15 is 0 Å². The molecule has 5 nitrogen and oxygen atoms in total. The van der Waals surface area contributed by atoms with E-state index in [4.69, 9.17) is 4.74 Å². The van der Waals surface area contributed by atoms with Crippen LogP contribution in [0, 0.1) is 0 Å². The third kappa shape index (κ3) is 4.41. The van der Waals surface area contributed by atoms with Crippen molar-refractivity contribution in [3.63, 3.8) is 0 Å². The van der Waals surface area contributed by atoms with Gasteiger partial charge in [-0.15, -0.1) is 0 Å². The van der Waals surface area contributed by atoms with Crippen molar-refractivity contribution in [2.45, 2.75) is 43.6 Å². The van der Waals surface area contributed by atoms with Gasteiger partial charge in [0.2, 0.25) is 11.8 Å². The number of rotatable bonds is 6. The second kappa shape index (κ2) is 9.43. The lowest BCUT2D eigenvalue weighted by Gasteiger charge is -2.37. The lowest BCUT2D eigenvalue weighted by atomic mass is 9.73. The average molecular weight is 407 g/mol. The first-order chi connectivity index (χ1) is 14.7. The zero-order chi connectivity index (χ0) is 20.8. The number of likely N-dealkylation sites (tertiary alicyclic amines) is 1. The molecule has 2 fully saturated rings. The van der Waals surface area contributed by atoms with Crippen LogP contribution in [0.4, 0.5) is 0 Å². The van der Waals surface area contributed by atoms with Crippen LogP contribution in [0.15, 0.2) is 60.7 Å². The topological polar surface area (TPSA) is 58.6 Å². The Bertz CT molecular complexity index is 841. The van der Waals surface area contributed by atoms with E-state index in [0.717, 1.165) is 37.1 Å². The average Bonchev–Trinajstić information content (AvgIpc) is 3.35. The number of carbonyl (C=O) groups is 2. The van der Waals surface area contributed by atoms with Gasteiger partial charge in [-0.05, 0) is 36.8 Å². The summed E-state index contributed by atoms with van der Waals surface area (Å²) in [5.41, 5.74) is 1.40. The second-order valence-corrected chi connectivity index (χ2v) is 8.31. The molecule has 0 radical (unpaired) electrons. The molecule has 2 aliphatic heterocycles. The minimum Gasteiger partial charge on any atom is -0.381 e. The quantitative estimate of drug-likeness (QED) is 0.802. The number of ether oxygens (including phenoxy) is 1. The molecule has 2 aliphatic rings. The maximum absolute atomic E-state index is 13.7. The Hall–Kier alpha value is -2.66. The van der Waals surface area contributed by atoms with Gasteiger partial charge in [0.25, 0.3) is 0 Å². The van der Waals surface area contributed by atoms with E-state index < -0.39 is 11.5 Å². The maximum Gasteiger partial charge on any atom is 0.245 e. The number of amides is 2. The minimum absolute atomic E-state index is 0.0278. The van der Waals surface area contributed by atoms with Crippen LogP contribution in [0.2, 0.25) is 0 Å². The van der Waals surface area contributed by atoms with Gasteiger partial charge in [0, 0.05) is 32.7 Å². The molecule has 2 heterocycles. The molecule has 2 aromatic carbocycles. The fourth-order valence-electron chi connectivity index (χ4n) is 4.63. The lowest BCUT2D eigenvalue weighted by molar-refractivity contribution is -0.138. The summed E-state index contributed by atoms with van der Waals surface area (Å²) in [7, 11) is 0. The molecular weight excluding hydrogens is 376 g/mol. The molecule has 5 heteroatoms. The molecule has 2 amide bonds. The van der Waals surface area contributed by atoms with Gasteiger partial charge in [-0.2, -0.15) is 0 Å². The fraction of sp³-hybridized carbons (Fsp3) is 0.440. The summed E-state index contributed by atoms with van der Waals surface area (Å²) in [6.45, 7) is 2.65. The van der Waals surface area contributed by atoms with Crippen molar-refractivity contribution < 1.29 is 14.3 Å². The fourth-order valence-corrected chi connectivity index (χ4v) is 4.63. The van der Waals surface area contributed by atoms with Crippen LogP contribution in [-0.2, 0) is 26.2 Å². The zero-order valence-electron chi connectivity index (χ0n) is 17.4. The van der Waals surface area contributed by atoms with Gasteiger partial charge in [0.05, 0.1) is 5.41 Å². The summed E-state index contributed by atoms with van der Waals surface area (Å²) in [5.74, 6) is -0.0366. The molecule has 0 aliphatic carbocycles. The molecule has 0 spiro atoms. The van der Waals surface area contributed by atoms with Gasteiger partial charge in [-0.3, -0.25) is 9.59 Å². The summed E-state index contributed by atoms with van der Waals surface area (Å²) >= 11 is 0. The van der Waals surface area contributed by atoms with Gasteiger partial charge >= 0.3 is 0 Å². The molecule has 0 saturated carbocycles. The van der Waals surface area contributed by atoms with Crippen molar-refractivity contribution >= 4 is 11.8 Å². The molecule has 2 saturated heterocycles. The highest BCUT2D eigenvalue weighted by molar-refractivity contribution is 5.93. The van der Waals surface area contributed by atoms with E-state index in [0.29, 0.717) is 32.5 Å². The normalized spacial score (nSPS) is 19.3.